The number of hydrogen-bond acceptors (Lipinski definition) is 2. The summed E-state index contributed by atoms with van der Waals surface area (Å²) < 4.78 is 60.0. The van der Waals surface area contributed by atoms with Crippen LogP contribution in [0.25, 0.3) is 44.5 Å². The molecule has 11 rings (SSSR count). The molecule has 71 heavy (non-hydrogen) atoms. The zero-order chi connectivity index (χ0) is 54.8. The summed E-state index contributed by atoms with van der Waals surface area (Å²) in [5.41, 5.74) is 14.0. The summed E-state index contributed by atoms with van der Waals surface area (Å²) in [6.45, 7) is 19.8. The van der Waals surface area contributed by atoms with E-state index in [1.54, 1.807) is 0 Å². The molecule has 0 saturated carbocycles. The molecule has 2 aliphatic rings. The van der Waals surface area contributed by atoms with E-state index in [0.29, 0.717) is 28.3 Å². The molecule has 4 heteroatoms. The van der Waals surface area contributed by atoms with Crippen LogP contribution >= 0.6 is 23.2 Å². The number of anilines is 6. The molecule has 0 aliphatic carbocycles. The van der Waals surface area contributed by atoms with Crippen molar-refractivity contribution in [1.82, 2.24) is 0 Å². The van der Waals surface area contributed by atoms with Gasteiger partial charge >= 0.3 is 0 Å². The number of hydrogen-bond donors (Lipinski definition) is 0. The van der Waals surface area contributed by atoms with Gasteiger partial charge in [-0.15, -0.1) is 0 Å². The van der Waals surface area contributed by atoms with E-state index in [-0.39, 0.29) is 68.3 Å². The van der Waals surface area contributed by atoms with Crippen LogP contribution in [0, 0.1) is 0 Å². The highest BCUT2D eigenvalue weighted by Gasteiger charge is 2.44. The minimum absolute atomic E-state index is 0.147. The molecule has 0 bridgehead atoms. The van der Waals surface area contributed by atoms with Crippen molar-refractivity contribution in [3.63, 3.8) is 0 Å². The normalized spacial score (nSPS) is 14.6. The smallest absolute Gasteiger partial charge is 0.0661 e. The quantitative estimate of drug-likeness (QED) is 0.164. The van der Waals surface area contributed by atoms with E-state index < -0.39 is 11.3 Å². The molecule has 2 aliphatic heterocycles. The Morgan fingerprint density at radius 2 is 0.662 bits per heavy atom. The summed E-state index contributed by atoms with van der Waals surface area (Å²) in [5, 5.41) is -0.353. The van der Waals surface area contributed by atoms with E-state index in [1.807, 2.05) is 72.8 Å². The maximum Gasteiger partial charge on any atom is 0.0661 e. The van der Waals surface area contributed by atoms with Crippen molar-refractivity contribution in [2.45, 2.75) is 84.5 Å². The number of fused-ring (bicyclic) bond motifs is 4. The highest BCUT2D eigenvalue weighted by Crippen LogP contribution is 2.64. The molecule has 0 radical (unpaired) electrons. The van der Waals surface area contributed by atoms with Crippen molar-refractivity contribution in [1.29, 1.82) is 0 Å². The van der Waals surface area contributed by atoms with Gasteiger partial charge in [-0.3, -0.25) is 0 Å². The Labute approximate surface area is 439 Å². The van der Waals surface area contributed by atoms with E-state index in [1.165, 1.54) is 0 Å². The first-order chi connectivity index (χ1) is 36.5. The highest BCUT2D eigenvalue weighted by molar-refractivity contribution is 6.31. The lowest BCUT2D eigenvalue weighted by atomic mass is 9.73. The number of rotatable bonds is 6. The summed E-state index contributed by atoms with van der Waals surface area (Å²) in [5.74, 6) is -1.04. The van der Waals surface area contributed by atoms with Crippen LogP contribution in [0.4, 0.5) is 34.1 Å². The summed E-state index contributed by atoms with van der Waals surface area (Å²) >= 11 is 14.4. The first-order valence-electron chi connectivity index (χ1n) is 27.4. The predicted octanol–water partition coefficient (Wildman–Crippen LogP) is 20.3. The van der Waals surface area contributed by atoms with E-state index >= 15 is 0 Å². The topological polar surface area (TPSA) is 6.48 Å². The van der Waals surface area contributed by atoms with Crippen LogP contribution in [0.5, 0.6) is 0 Å². The Bertz CT molecular complexity index is 3480. The molecule has 9 aromatic rings. The highest BCUT2D eigenvalue weighted by atomic mass is 35.5. The van der Waals surface area contributed by atoms with Crippen molar-refractivity contribution in [3.05, 3.63) is 237 Å². The van der Waals surface area contributed by atoms with Crippen molar-refractivity contribution in [2.75, 3.05) is 9.80 Å². The third-order valence-corrected chi connectivity index (χ3v) is 14.5. The Hall–Kier alpha value is -6.84. The fraction of sp³-hybridized carbons (Fsp3) is 0.194. The Kier molecular flexibility index (Phi) is 9.81. The Balaban J connectivity index is 1.42. The second-order valence-corrected chi connectivity index (χ2v) is 22.7. The molecule has 0 amide bonds. The first-order valence-corrected chi connectivity index (χ1v) is 25.2. The molecule has 0 spiro atoms. The molecule has 2 nitrogen and oxygen atoms in total. The van der Waals surface area contributed by atoms with Gasteiger partial charge in [0.25, 0.3) is 0 Å². The van der Waals surface area contributed by atoms with Gasteiger partial charge in [0.05, 0.1) is 42.3 Å². The van der Waals surface area contributed by atoms with Crippen LogP contribution in [0.1, 0.15) is 110 Å². The van der Waals surface area contributed by atoms with Gasteiger partial charge in [0.2, 0.25) is 0 Å². The average Bonchev–Trinajstić information content (AvgIpc) is 3.54. The second-order valence-electron chi connectivity index (χ2n) is 22.0. The lowest BCUT2D eigenvalue weighted by molar-refractivity contribution is 0.589. The molecule has 0 aromatic heterocycles. The van der Waals surface area contributed by atoms with Gasteiger partial charge in [-0.05, 0) is 127 Å². The second kappa shape index (κ2) is 17.5. The van der Waals surface area contributed by atoms with E-state index in [4.69, 9.17) is 23.2 Å². The van der Waals surface area contributed by atoms with Crippen LogP contribution in [0.2, 0.25) is 10.0 Å². The maximum atomic E-state index is 10.3. The van der Waals surface area contributed by atoms with Gasteiger partial charge in [-0.1, -0.05) is 219 Å². The largest absolute Gasteiger partial charge is 0.308 e. The van der Waals surface area contributed by atoms with Crippen LogP contribution in [0.3, 0.4) is 0 Å². The molecule has 9 aromatic carbocycles. The minimum Gasteiger partial charge on any atom is -0.308 e. The molecule has 352 valence electrons. The Morgan fingerprint density at radius 1 is 0.380 bits per heavy atom. The molecule has 0 unspecified atom stereocenters. The zero-order valence-electron chi connectivity index (χ0n) is 47.7. The SMILES string of the molecule is [2H]c1c([2H])c2c(c([2H])c1Cl)N(c1c(-c3ccccc3)cc(C(C)(C)C)cc1-c1ccccc1)c1cc(C(C)(C)C)cc3c1C2c1c([2H])c([2H])c(Cl)c([2H])c1N3c1c(-c2ccccc2)cc(C(C)(C)C)cc1-c1ccccc1. The van der Waals surface area contributed by atoms with Crippen molar-refractivity contribution < 1.29 is 8.22 Å². The van der Waals surface area contributed by atoms with Gasteiger partial charge in [0, 0.05) is 43.8 Å². The molecule has 0 atom stereocenters. The molecule has 0 saturated heterocycles. The van der Waals surface area contributed by atoms with Crippen molar-refractivity contribution >= 4 is 57.3 Å². The molecule has 0 fully saturated rings. The van der Waals surface area contributed by atoms with Gasteiger partial charge in [0.15, 0.2) is 0 Å². The fourth-order valence-electron chi connectivity index (χ4n) is 10.4. The minimum atomic E-state index is -1.04. The van der Waals surface area contributed by atoms with E-state index in [0.717, 1.165) is 72.6 Å². The summed E-state index contributed by atoms with van der Waals surface area (Å²) in [6.07, 6.45) is 0. The predicted molar refractivity (Wildman–Crippen MR) is 305 cm³/mol. The van der Waals surface area contributed by atoms with E-state index in [2.05, 4.69) is 157 Å². The van der Waals surface area contributed by atoms with Gasteiger partial charge < -0.3 is 9.80 Å². The van der Waals surface area contributed by atoms with Gasteiger partial charge in [-0.25, -0.2) is 0 Å². The zero-order valence-corrected chi connectivity index (χ0v) is 43.3. The third-order valence-electron chi connectivity index (χ3n) is 14.1. The third kappa shape index (κ3) is 8.26. The van der Waals surface area contributed by atoms with Gasteiger partial charge in [-0.2, -0.15) is 0 Å². The molecular formula is C67H60Cl2N2. The summed E-state index contributed by atoms with van der Waals surface area (Å²) in [4.78, 5) is 4.24. The Morgan fingerprint density at radius 3 is 0.944 bits per heavy atom. The summed E-state index contributed by atoms with van der Waals surface area (Å²) in [6, 6.07) is 53.0. The van der Waals surface area contributed by atoms with Crippen LogP contribution in [-0.4, -0.2) is 0 Å². The van der Waals surface area contributed by atoms with Gasteiger partial charge in [0.1, 0.15) is 0 Å². The van der Waals surface area contributed by atoms with E-state index in [9.17, 15) is 8.22 Å². The average molecular weight is 970 g/mol. The fourth-order valence-corrected chi connectivity index (χ4v) is 10.6. The summed E-state index contributed by atoms with van der Waals surface area (Å²) in [7, 11) is 0. The maximum absolute atomic E-state index is 10.3. The van der Waals surface area contributed by atoms with Crippen LogP contribution in [0.15, 0.2) is 194 Å². The molecular weight excluding hydrogens is 904 g/mol. The standard InChI is InChI=1S/C67H60Cl2N2/c1-65(2,3)46-34-53(42-22-14-10-15-23-42)63(54(35-46)43-24-16-11-17-25-43)70-57-40-49(68)30-32-51(57)61-52-33-31-50(69)41-58(52)71(60-39-48(67(7,8)9)38-59(70)62(60)61)64-55(44-26-18-12-19-27-44)36-47(66(4,5)6)37-56(64)45-28-20-13-21-29-45/h10-41,61H,1-9H3/i30D,31D,32D,33D,40D,41D. The number of benzene rings is 9. The van der Waals surface area contributed by atoms with Crippen molar-refractivity contribution in [3.8, 4) is 44.5 Å². The molecule has 0 N–H and O–H groups in total. The van der Waals surface area contributed by atoms with Crippen molar-refractivity contribution in [2.24, 2.45) is 0 Å². The number of nitrogens with zero attached hydrogens (tertiary/aromatic N) is 2. The molecule has 2 heterocycles. The lowest BCUT2D eigenvalue weighted by Gasteiger charge is -2.47. The number of halogens is 2. The van der Waals surface area contributed by atoms with Crippen LogP contribution < -0.4 is 9.80 Å². The van der Waals surface area contributed by atoms with Crippen LogP contribution in [-0.2, 0) is 16.2 Å². The lowest BCUT2D eigenvalue weighted by Crippen LogP contribution is -2.31. The monoisotopic (exact) mass is 968 g/mol. The first kappa shape index (κ1) is 39.8.